The summed E-state index contributed by atoms with van der Waals surface area (Å²) in [6.45, 7) is 0. The van der Waals surface area contributed by atoms with Crippen LogP contribution < -0.4 is 18.9 Å². The predicted octanol–water partition coefficient (Wildman–Crippen LogP) is 4.24. The second-order valence-electron chi connectivity index (χ2n) is 5.80. The molecule has 0 atom stereocenters. The number of oxime groups is 1. The highest BCUT2D eigenvalue weighted by atomic mass is 32.1. The third kappa shape index (κ3) is 4.27. The van der Waals surface area contributed by atoms with E-state index in [0.29, 0.717) is 28.0 Å². The highest BCUT2D eigenvalue weighted by Crippen LogP contribution is 2.39. The van der Waals surface area contributed by atoms with E-state index in [9.17, 15) is 0 Å². The van der Waals surface area contributed by atoms with Gasteiger partial charge >= 0.3 is 0 Å². The summed E-state index contributed by atoms with van der Waals surface area (Å²) in [5.41, 5.74) is 3.12. The Kier molecular flexibility index (Phi) is 6.56. The number of nitrogens with zero attached hydrogens (tertiary/aromatic N) is 2. The number of aromatic nitrogens is 1. The van der Waals surface area contributed by atoms with Gasteiger partial charge in [-0.2, -0.15) is 0 Å². The van der Waals surface area contributed by atoms with Crippen molar-refractivity contribution >= 4 is 17.0 Å². The third-order valence-corrected chi connectivity index (χ3v) is 5.06. The normalized spacial score (nSPS) is 11.1. The van der Waals surface area contributed by atoms with E-state index in [1.807, 2.05) is 41.8 Å². The molecule has 0 saturated carbocycles. The molecule has 0 N–H and O–H groups in total. The van der Waals surface area contributed by atoms with Gasteiger partial charge in [-0.1, -0.05) is 5.16 Å². The second-order valence-corrected chi connectivity index (χ2v) is 6.66. The summed E-state index contributed by atoms with van der Waals surface area (Å²) in [5, 5.41) is 6.87. The molecule has 0 amide bonds. The first-order valence-electron chi connectivity index (χ1n) is 8.67. The number of hydrogen-bond donors (Lipinski definition) is 0. The number of ether oxygens (including phenoxy) is 4. The van der Waals surface area contributed by atoms with E-state index in [-0.39, 0.29) is 0 Å². The van der Waals surface area contributed by atoms with Crippen molar-refractivity contribution in [1.82, 2.24) is 4.98 Å². The highest BCUT2D eigenvalue weighted by Gasteiger charge is 2.20. The highest BCUT2D eigenvalue weighted by molar-refractivity contribution is 7.12. The van der Waals surface area contributed by atoms with Crippen molar-refractivity contribution in [3.8, 4) is 34.3 Å². The van der Waals surface area contributed by atoms with Crippen LogP contribution in [0.25, 0.3) is 11.3 Å². The summed E-state index contributed by atoms with van der Waals surface area (Å²) in [6.07, 6.45) is 0. The van der Waals surface area contributed by atoms with E-state index >= 15 is 0 Å². The zero-order valence-corrected chi connectivity index (χ0v) is 17.7. The van der Waals surface area contributed by atoms with Crippen LogP contribution in [0.5, 0.6) is 23.0 Å². The first kappa shape index (κ1) is 20.5. The maximum Gasteiger partial charge on any atom is 0.203 e. The first-order valence-corrected chi connectivity index (χ1v) is 9.55. The fourth-order valence-corrected chi connectivity index (χ4v) is 3.63. The Morgan fingerprint density at radius 3 is 2.03 bits per heavy atom. The molecule has 152 valence electrons. The van der Waals surface area contributed by atoms with Gasteiger partial charge in [0.25, 0.3) is 0 Å². The molecule has 0 fully saturated rings. The van der Waals surface area contributed by atoms with Crippen LogP contribution in [0.2, 0.25) is 0 Å². The zero-order chi connectivity index (χ0) is 20.8. The van der Waals surface area contributed by atoms with Crippen LogP contribution in [0.1, 0.15) is 10.6 Å². The van der Waals surface area contributed by atoms with E-state index in [0.717, 1.165) is 22.6 Å². The average Bonchev–Trinajstić information content (AvgIpc) is 3.26. The van der Waals surface area contributed by atoms with Gasteiger partial charge < -0.3 is 23.8 Å². The standard InChI is InChI=1S/C21H22N2O5S/c1-24-15-8-6-13(7-9-15)16-12-29-21(22-16)19(23-28-5)14-10-17(25-2)20(27-4)18(11-14)26-3/h6-12H,1-5H3. The van der Waals surface area contributed by atoms with E-state index in [4.69, 9.17) is 28.8 Å². The van der Waals surface area contributed by atoms with E-state index < -0.39 is 0 Å². The minimum Gasteiger partial charge on any atom is -0.497 e. The lowest BCUT2D eigenvalue weighted by Gasteiger charge is -2.14. The van der Waals surface area contributed by atoms with E-state index in [1.54, 1.807) is 28.4 Å². The van der Waals surface area contributed by atoms with E-state index in [2.05, 4.69) is 5.16 Å². The van der Waals surface area contributed by atoms with Crippen molar-refractivity contribution in [3.05, 3.63) is 52.3 Å². The molecule has 0 spiro atoms. The largest absolute Gasteiger partial charge is 0.497 e. The summed E-state index contributed by atoms with van der Waals surface area (Å²) in [5.74, 6) is 2.35. The lowest BCUT2D eigenvalue weighted by molar-refractivity contribution is 0.214. The minimum atomic E-state index is 0.508. The molecule has 0 saturated heterocycles. The molecule has 0 bridgehead atoms. The van der Waals surface area contributed by atoms with Crippen molar-refractivity contribution in [2.75, 3.05) is 35.5 Å². The van der Waals surface area contributed by atoms with Crippen LogP contribution in [0, 0.1) is 0 Å². The van der Waals surface area contributed by atoms with Gasteiger partial charge in [-0.25, -0.2) is 4.98 Å². The summed E-state index contributed by atoms with van der Waals surface area (Å²) < 4.78 is 21.5. The van der Waals surface area contributed by atoms with Gasteiger partial charge in [-0.15, -0.1) is 11.3 Å². The quantitative estimate of drug-likeness (QED) is 0.405. The van der Waals surface area contributed by atoms with Crippen molar-refractivity contribution in [2.45, 2.75) is 0 Å². The van der Waals surface area contributed by atoms with Gasteiger partial charge in [0.2, 0.25) is 5.75 Å². The molecule has 0 aliphatic heterocycles. The molecule has 0 radical (unpaired) electrons. The van der Waals surface area contributed by atoms with Crippen LogP contribution >= 0.6 is 11.3 Å². The third-order valence-electron chi connectivity index (χ3n) is 4.21. The lowest BCUT2D eigenvalue weighted by atomic mass is 10.1. The van der Waals surface area contributed by atoms with Crippen LogP contribution in [0.15, 0.2) is 46.9 Å². The average molecular weight is 414 g/mol. The Balaban J connectivity index is 2.03. The van der Waals surface area contributed by atoms with Crippen molar-refractivity contribution in [1.29, 1.82) is 0 Å². The second kappa shape index (κ2) is 9.29. The Bertz CT molecular complexity index is 974. The summed E-state index contributed by atoms with van der Waals surface area (Å²) >= 11 is 1.47. The molecule has 29 heavy (non-hydrogen) atoms. The fourth-order valence-electron chi connectivity index (χ4n) is 2.80. The minimum absolute atomic E-state index is 0.508. The smallest absolute Gasteiger partial charge is 0.203 e. The lowest BCUT2D eigenvalue weighted by Crippen LogP contribution is -2.06. The molecule has 0 aliphatic rings. The van der Waals surface area contributed by atoms with Gasteiger partial charge in [0, 0.05) is 16.5 Å². The number of methoxy groups -OCH3 is 4. The van der Waals surface area contributed by atoms with Crippen molar-refractivity contribution < 1.29 is 23.8 Å². The van der Waals surface area contributed by atoms with Gasteiger partial charge in [-0.3, -0.25) is 0 Å². The number of thiazole rings is 1. The molecule has 0 unspecified atom stereocenters. The molecular weight excluding hydrogens is 392 g/mol. The van der Waals surface area contributed by atoms with Crippen LogP contribution in [0.4, 0.5) is 0 Å². The van der Waals surface area contributed by atoms with E-state index in [1.165, 1.54) is 18.4 Å². The molecule has 7 nitrogen and oxygen atoms in total. The molecular formula is C21H22N2O5S. The van der Waals surface area contributed by atoms with Crippen LogP contribution in [-0.4, -0.2) is 46.2 Å². The SMILES string of the molecule is CON=C(c1cc(OC)c(OC)c(OC)c1)c1nc(-c2ccc(OC)cc2)cs1. The zero-order valence-electron chi connectivity index (χ0n) is 16.9. The van der Waals surface area contributed by atoms with Crippen molar-refractivity contribution in [3.63, 3.8) is 0 Å². The first-order chi connectivity index (χ1) is 14.1. The van der Waals surface area contributed by atoms with Gasteiger partial charge in [-0.05, 0) is 36.4 Å². The Hall–Kier alpha value is -3.26. The molecule has 0 aliphatic carbocycles. The topological polar surface area (TPSA) is 71.4 Å². The van der Waals surface area contributed by atoms with Crippen LogP contribution in [0.3, 0.4) is 0 Å². The maximum atomic E-state index is 5.45. The summed E-state index contributed by atoms with van der Waals surface area (Å²) in [7, 11) is 7.84. The van der Waals surface area contributed by atoms with Gasteiger partial charge in [0.1, 0.15) is 23.6 Å². The predicted molar refractivity (Wildman–Crippen MR) is 113 cm³/mol. The molecule has 8 heteroatoms. The summed E-state index contributed by atoms with van der Waals surface area (Å²) in [6, 6.07) is 11.4. The number of benzene rings is 2. The summed E-state index contributed by atoms with van der Waals surface area (Å²) in [4.78, 5) is 9.83. The fraction of sp³-hybridized carbons (Fsp3) is 0.238. The maximum absolute atomic E-state index is 5.45. The molecule has 2 aromatic carbocycles. The molecule has 3 aromatic rings. The van der Waals surface area contributed by atoms with Crippen LogP contribution in [-0.2, 0) is 4.84 Å². The Morgan fingerprint density at radius 1 is 0.862 bits per heavy atom. The number of rotatable bonds is 8. The Morgan fingerprint density at radius 2 is 1.52 bits per heavy atom. The van der Waals surface area contributed by atoms with Gasteiger partial charge in [0.15, 0.2) is 11.5 Å². The van der Waals surface area contributed by atoms with Gasteiger partial charge in [0.05, 0.1) is 34.1 Å². The number of hydrogen-bond acceptors (Lipinski definition) is 8. The molecule has 1 heterocycles. The molecule has 1 aromatic heterocycles. The Labute approximate surface area is 173 Å². The van der Waals surface area contributed by atoms with Crippen molar-refractivity contribution in [2.24, 2.45) is 5.16 Å². The molecule has 3 rings (SSSR count). The monoisotopic (exact) mass is 414 g/mol.